The van der Waals surface area contributed by atoms with Crippen LogP contribution in [0.2, 0.25) is 0 Å². The van der Waals surface area contributed by atoms with Crippen molar-refractivity contribution >= 4 is 5.97 Å². The van der Waals surface area contributed by atoms with Gasteiger partial charge in [-0.25, -0.2) is 4.79 Å². The van der Waals surface area contributed by atoms with E-state index >= 15 is 0 Å². The molecule has 1 saturated heterocycles. The van der Waals surface area contributed by atoms with E-state index in [2.05, 4.69) is 0 Å². The summed E-state index contributed by atoms with van der Waals surface area (Å²) in [6.45, 7) is 0.0601. The molecule has 0 spiro atoms. The summed E-state index contributed by atoms with van der Waals surface area (Å²) < 4.78 is 21.9. The van der Waals surface area contributed by atoms with Gasteiger partial charge >= 0.3 is 5.97 Å². The summed E-state index contributed by atoms with van der Waals surface area (Å²) >= 11 is 0. The molecule has 3 unspecified atom stereocenters. The predicted octanol–water partition coefficient (Wildman–Crippen LogP) is -0.448. The van der Waals surface area contributed by atoms with Crippen LogP contribution in [0.5, 0.6) is 23.0 Å². The molecule has 12 nitrogen and oxygen atoms in total. The molecule has 0 aromatic heterocycles. The molecule has 2 aromatic rings. The van der Waals surface area contributed by atoms with E-state index in [1.165, 1.54) is 19.2 Å². The zero-order valence-electron chi connectivity index (χ0n) is 18.5. The zero-order valence-corrected chi connectivity index (χ0v) is 18.5. The van der Waals surface area contributed by atoms with Gasteiger partial charge in [-0.15, -0.1) is 0 Å². The highest BCUT2D eigenvalue weighted by Gasteiger charge is 2.48. The molecule has 0 saturated carbocycles. The minimum atomic E-state index is -1.87. The maximum absolute atomic E-state index is 11.4. The lowest BCUT2D eigenvalue weighted by atomic mass is 9.93. The molecule has 7 atom stereocenters. The van der Waals surface area contributed by atoms with Gasteiger partial charge in [0.25, 0.3) is 0 Å². The van der Waals surface area contributed by atoms with Crippen molar-refractivity contribution in [2.75, 3.05) is 7.11 Å². The van der Waals surface area contributed by atoms with Crippen LogP contribution in [0.25, 0.3) is 0 Å². The summed E-state index contributed by atoms with van der Waals surface area (Å²) in [5.74, 6) is -1.70. The van der Waals surface area contributed by atoms with E-state index in [-0.39, 0.29) is 36.0 Å². The standard InChI is InChI=1S/C23H26O12/c1-32-8-10-3-2-9(20-14(26)7-12-13(25)5-11(24)6-16(12)33-20)4-15(10)34-23-19(29)17(27)18(28)21(35-23)22(30)31/h2-6,14,17-21,23-29H,7-8H2,1H3,(H,30,31)/t14-,17-,18-,19?,20?,21?,23+/m0/s1. The Balaban J connectivity index is 1.65. The highest BCUT2D eigenvalue weighted by atomic mass is 16.7. The number of aliphatic carboxylic acids is 1. The number of aliphatic hydroxyl groups excluding tert-OH is 4. The van der Waals surface area contributed by atoms with Gasteiger partial charge in [-0.05, 0) is 11.6 Å². The average Bonchev–Trinajstić information content (AvgIpc) is 2.80. The van der Waals surface area contributed by atoms with Crippen molar-refractivity contribution in [3.63, 3.8) is 0 Å². The number of hydrogen-bond donors (Lipinski definition) is 7. The topological polar surface area (TPSA) is 196 Å². The van der Waals surface area contributed by atoms with Gasteiger partial charge in [-0.2, -0.15) is 0 Å². The largest absolute Gasteiger partial charge is 0.508 e. The smallest absolute Gasteiger partial charge is 0.335 e. The average molecular weight is 494 g/mol. The Morgan fingerprint density at radius 3 is 2.49 bits per heavy atom. The van der Waals surface area contributed by atoms with Gasteiger partial charge in [-0.1, -0.05) is 12.1 Å². The number of carboxylic acids is 1. The molecule has 0 amide bonds. The maximum atomic E-state index is 11.4. The Bertz CT molecular complexity index is 1090. The van der Waals surface area contributed by atoms with E-state index in [1.807, 2.05) is 0 Å². The fraction of sp³-hybridized carbons (Fsp3) is 0.435. The van der Waals surface area contributed by atoms with E-state index in [0.717, 1.165) is 6.07 Å². The van der Waals surface area contributed by atoms with E-state index in [0.29, 0.717) is 16.7 Å². The number of phenols is 2. The zero-order chi connectivity index (χ0) is 25.4. The minimum absolute atomic E-state index is 0.0386. The Kier molecular flexibility index (Phi) is 7.03. The van der Waals surface area contributed by atoms with Gasteiger partial charge in [0.15, 0.2) is 6.10 Å². The second-order valence-electron chi connectivity index (χ2n) is 8.40. The predicted molar refractivity (Wildman–Crippen MR) is 115 cm³/mol. The number of hydrogen-bond acceptors (Lipinski definition) is 11. The molecule has 12 heteroatoms. The third-order valence-electron chi connectivity index (χ3n) is 5.96. The first-order valence-electron chi connectivity index (χ1n) is 10.7. The lowest BCUT2D eigenvalue weighted by molar-refractivity contribution is -0.271. The van der Waals surface area contributed by atoms with Crippen molar-refractivity contribution < 1.29 is 59.5 Å². The Hall–Kier alpha value is -3.13. The van der Waals surface area contributed by atoms with Crippen LogP contribution in [-0.4, -0.2) is 85.6 Å². The van der Waals surface area contributed by atoms with Crippen LogP contribution in [0.15, 0.2) is 30.3 Å². The molecule has 7 N–H and O–H groups in total. The van der Waals surface area contributed by atoms with Gasteiger partial charge in [0.1, 0.15) is 47.4 Å². The monoisotopic (exact) mass is 494 g/mol. The molecule has 2 heterocycles. The van der Waals surface area contributed by atoms with E-state index < -0.39 is 48.9 Å². The van der Waals surface area contributed by atoms with E-state index in [4.69, 9.17) is 18.9 Å². The van der Waals surface area contributed by atoms with Crippen LogP contribution < -0.4 is 9.47 Å². The summed E-state index contributed by atoms with van der Waals surface area (Å²) in [7, 11) is 1.44. The molecular formula is C23H26O12. The number of aromatic hydroxyl groups is 2. The Morgan fingerprint density at radius 1 is 1.06 bits per heavy atom. The van der Waals surface area contributed by atoms with Gasteiger partial charge < -0.3 is 54.7 Å². The fourth-order valence-corrected chi connectivity index (χ4v) is 4.16. The number of aliphatic hydroxyl groups is 4. The number of ether oxygens (including phenoxy) is 4. The molecule has 190 valence electrons. The molecule has 0 aliphatic carbocycles. The van der Waals surface area contributed by atoms with Crippen molar-refractivity contribution in [2.45, 2.75) is 55.9 Å². The molecule has 2 aromatic carbocycles. The third kappa shape index (κ3) is 4.85. The van der Waals surface area contributed by atoms with Crippen LogP contribution in [0.3, 0.4) is 0 Å². The van der Waals surface area contributed by atoms with Crippen molar-refractivity contribution in [1.29, 1.82) is 0 Å². The van der Waals surface area contributed by atoms with E-state index in [1.54, 1.807) is 12.1 Å². The second kappa shape index (κ2) is 9.85. The van der Waals surface area contributed by atoms with Gasteiger partial charge in [0.05, 0.1) is 12.7 Å². The number of carboxylic acid groups (broad SMARTS) is 1. The quantitative estimate of drug-likeness (QED) is 0.274. The number of methoxy groups -OCH3 is 1. The van der Waals surface area contributed by atoms with Gasteiger partial charge in [0.2, 0.25) is 6.29 Å². The lowest BCUT2D eigenvalue weighted by Gasteiger charge is -2.38. The first-order chi connectivity index (χ1) is 16.6. The van der Waals surface area contributed by atoms with Gasteiger partial charge in [-0.3, -0.25) is 0 Å². The Morgan fingerprint density at radius 2 is 1.80 bits per heavy atom. The minimum Gasteiger partial charge on any atom is -0.508 e. The van der Waals surface area contributed by atoms with Crippen molar-refractivity contribution in [2.24, 2.45) is 0 Å². The highest BCUT2D eigenvalue weighted by Crippen LogP contribution is 2.42. The lowest BCUT2D eigenvalue weighted by Crippen LogP contribution is -2.61. The summed E-state index contributed by atoms with van der Waals surface area (Å²) in [4.78, 5) is 11.4. The van der Waals surface area contributed by atoms with Crippen molar-refractivity contribution in [3.8, 4) is 23.0 Å². The number of fused-ring (bicyclic) bond motifs is 1. The van der Waals surface area contributed by atoms with Crippen LogP contribution in [0, 0.1) is 0 Å². The van der Waals surface area contributed by atoms with Crippen LogP contribution in [0.1, 0.15) is 22.8 Å². The normalized spacial score (nSPS) is 30.3. The van der Waals surface area contributed by atoms with E-state index in [9.17, 15) is 40.5 Å². The summed E-state index contributed by atoms with van der Waals surface area (Å²) in [5.41, 5.74) is 1.23. The summed E-state index contributed by atoms with van der Waals surface area (Å²) in [6, 6.07) is 7.18. The second-order valence-corrected chi connectivity index (χ2v) is 8.40. The van der Waals surface area contributed by atoms with Crippen molar-refractivity contribution in [1.82, 2.24) is 0 Å². The maximum Gasteiger partial charge on any atom is 0.335 e. The Labute approximate surface area is 199 Å². The first kappa shape index (κ1) is 25.0. The van der Waals surface area contributed by atoms with Gasteiger partial charge in [0, 0.05) is 36.8 Å². The van der Waals surface area contributed by atoms with Crippen LogP contribution in [-0.2, 0) is 27.3 Å². The fourth-order valence-electron chi connectivity index (χ4n) is 4.16. The first-order valence-corrected chi connectivity index (χ1v) is 10.7. The number of carbonyl (C=O) groups is 1. The molecule has 1 fully saturated rings. The summed E-state index contributed by atoms with van der Waals surface area (Å²) in [6.07, 6.45) is -10.9. The number of phenolic OH excluding ortho intramolecular Hbond substituents is 2. The highest BCUT2D eigenvalue weighted by molar-refractivity contribution is 5.73. The van der Waals surface area contributed by atoms with Crippen LogP contribution >= 0.6 is 0 Å². The number of benzene rings is 2. The molecule has 2 aliphatic rings. The third-order valence-corrected chi connectivity index (χ3v) is 5.96. The molecule has 2 aliphatic heterocycles. The summed E-state index contributed by atoms with van der Waals surface area (Å²) in [5, 5.41) is 70.1. The molecule has 0 bridgehead atoms. The van der Waals surface area contributed by atoms with Crippen LogP contribution in [0.4, 0.5) is 0 Å². The number of rotatable bonds is 6. The van der Waals surface area contributed by atoms with Crippen molar-refractivity contribution in [3.05, 3.63) is 47.0 Å². The molecule has 35 heavy (non-hydrogen) atoms. The molecule has 4 rings (SSSR count). The molecule has 0 radical (unpaired) electrons. The SMILES string of the molecule is COCc1ccc(C2Oc3cc(O)cc(O)c3C[C@@H]2O)cc1O[C@@H]1OC(C(=O)O)[C@@H](O)[C@H](O)C1O. The molecular weight excluding hydrogens is 468 g/mol.